The SMILES string of the molecule is CCOC(=O)[C@@H]1C[C@@H](C)CCN1C(=O)[C@H](N)CCCN=C(N)N[N+](=O)[O-].Cl. The number of nitrogens with zero attached hydrogens (tertiary/aromatic N) is 3. The Bertz CT molecular complexity index is 547. The van der Waals surface area contributed by atoms with E-state index in [0.717, 1.165) is 6.42 Å². The second-order valence-corrected chi connectivity index (χ2v) is 6.31. The van der Waals surface area contributed by atoms with E-state index in [-0.39, 0.29) is 37.4 Å². The van der Waals surface area contributed by atoms with Crippen LogP contribution in [0.15, 0.2) is 4.99 Å². The fraction of sp³-hybridized carbons (Fsp3) is 0.800. The summed E-state index contributed by atoms with van der Waals surface area (Å²) in [4.78, 5) is 40.3. The Balaban J connectivity index is 0.00000676. The van der Waals surface area contributed by atoms with Crippen molar-refractivity contribution in [1.82, 2.24) is 10.3 Å². The van der Waals surface area contributed by atoms with Crippen LogP contribution in [0.3, 0.4) is 0 Å². The van der Waals surface area contributed by atoms with Crippen LogP contribution in [0.4, 0.5) is 0 Å². The number of nitro groups is 1. The van der Waals surface area contributed by atoms with Crippen LogP contribution in [0.2, 0.25) is 0 Å². The molecule has 1 rings (SSSR count). The number of esters is 1. The minimum Gasteiger partial charge on any atom is -0.464 e. The van der Waals surface area contributed by atoms with E-state index in [0.29, 0.717) is 31.7 Å². The molecule has 0 spiro atoms. The van der Waals surface area contributed by atoms with Crippen molar-refractivity contribution >= 4 is 30.2 Å². The van der Waals surface area contributed by atoms with Gasteiger partial charge in [0.1, 0.15) is 6.04 Å². The van der Waals surface area contributed by atoms with Crippen LogP contribution in [-0.2, 0) is 14.3 Å². The van der Waals surface area contributed by atoms with Gasteiger partial charge in [0.25, 0.3) is 5.96 Å². The summed E-state index contributed by atoms with van der Waals surface area (Å²) in [6.07, 6.45) is 2.13. The van der Waals surface area contributed by atoms with Crippen molar-refractivity contribution in [1.29, 1.82) is 0 Å². The molecular weight excluding hydrogens is 380 g/mol. The largest absolute Gasteiger partial charge is 0.464 e. The molecule has 1 aliphatic heterocycles. The van der Waals surface area contributed by atoms with Crippen LogP contribution in [-0.4, -0.2) is 59.5 Å². The van der Waals surface area contributed by atoms with E-state index in [1.165, 1.54) is 4.90 Å². The summed E-state index contributed by atoms with van der Waals surface area (Å²) >= 11 is 0. The van der Waals surface area contributed by atoms with E-state index in [4.69, 9.17) is 16.2 Å². The monoisotopic (exact) mass is 408 g/mol. The fourth-order valence-electron chi connectivity index (χ4n) is 2.84. The smallest absolute Gasteiger partial charge is 0.328 e. The average Bonchev–Trinajstić information content (AvgIpc) is 2.57. The van der Waals surface area contributed by atoms with Crippen molar-refractivity contribution < 1.29 is 19.4 Å². The number of nitrogens with one attached hydrogen (secondary N) is 1. The summed E-state index contributed by atoms with van der Waals surface area (Å²) in [5, 5.41) is 9.39. The van der Waals surface area contributed by atoms with E-state index in [1.54, 1.807) is 12.3 Å². The average molecular weight is 409 g/mol. The highest BCUT2D eigenvalue weighted by Crippen LogP contribution is 2.24. The first-order valence-corrected chi connectivity index (χ1v) is 8.69. The Hall–Kier alpha value is -2.14. The molecule has 27 heavy (non-hydrogen) atoms. The maximum Gasteiger partial charge on any atom is 0.328 e. The predicted molar refractivity (Wildman–Crippen MR) is 102 cm³/mol. The lowest BCUT2D eigenvalue weighted by atomic mass is 9.91. The molecule has 0 aromatic heterocycles. The van der Waals surface area contributed by atoms with Gasteiger partial charge in [-0.1, -0.05) is 12.3 Å². The number of halogens is 1. The lowest BCUT2D eigenvalue weighted by Crippen LogP contribution is -2.55. The molecule has 1 saturated heterocycles. The Labute approximate surface area is 164 Å². The summed E-state index contributed by atoms with van der Waals surface area (Å²) in [5.41, 5.74) is 13.0. The number of hydrazine groups is 1. The summed E-state index contributed by atoms with van der Waals surface area (Å²) in [6.45, 7) is 4.69. The standard InChI is InChI=1S/C15H28N6O5.ClH/c1-3-26-14(23)12-9-10(2)6-8-20(12)13(22)11(16)5-4-7-18-15(17)19-21(24)25;/h10-12H,3-9,16H2,1-2H3,(H3,17,18,19);1H/t10-,11+,12-;/m0./s1. The van der Waals surface area contributed by atoms with Crippen LogP contribution in [0.1, 0.15) is 39.5 Å². The summed E-state index contributed by atoms with van der Waals surface area (Å²) < 4.78 is 5.08. The Morgan fingerprint density at radius 1 is 1.48 bits per heavy atom. The number of rotatable bonds is 8. The van der Waals surface area contributed by atoms with Gasteiger partial charge in [-0.2, -0.15) is 0 Å². The van der Waals surface area contributed by atoms with Gasteiger partial charge >= 0.3 is 5.97 Å². The highest BCUT2D eigenvalue weighted by Gasteiger charge is 2.37. The third-order valence-electron chi connectivity index (χ3n) is 4.18. The molecule has 1 heterocycles. The van der Waals surface area contributed by atoms with Crippen molar-refractivity contribution in [3.05, 3.63) is 10.1 Å². The highest BCUT2D eigenvalue weighted by molar-refractivity contribution is 5.87. The molecule has 3 atom stereocenters. The summed E-state index contributed by atoms with van der Waals surface area (Å²) in [6, 6.07) is -1.38. The molecule has 1 aliphatic rings. The molecule has 0 unspecified atom stereocenters. The molecule has 11 nitrogen and oxygen atoms in total. The first-order chi connectivity index (χ1) is 12.3. The van der Waals surface area contributed by atoms with Gasteiger partial charge in [-0.05, 0) is 38.5 Å². The van der Waals surface area contributed by atoms with E-state index >= 15 is 0 Å². The zero-order chi connectivity index (χ0) is 19.7. The molecule has 0 aromatic carbocycles. The first kappa shape index (κ1) is 24.9. The fourth-order valence-corrected chi connectivity index (χ4v) is 2.84. The Morgan fingerprint density at radius 2 is 2.15 bits per heavy atom. The predicted octanol–water partition coefficient (Wildman–Crippen LogP) is -0.198. The Morgan fingerprint density at radius 3 is 2.74 bits per heavy atom. The lowest BCUT2D eigenvalue weighted by Gasteiger charge is -2.38. The number of aliphatic imine (C=N–C) groups is 1. The maximum atomic E-state index is 12.6. The number of hydrogen-bond donors (Lipinski definition) is 3. The number of piperidine rings is 1. The van der Waals surface area contributed by atoms with Crippen LogP contribution in [0.25, 0.3) is 0 Å². The first-order valence-electron chi connectivity index (χ1n) is 8.69. The van der Waals surface area contributed by atoms with Gasteiger partial charge in [-0.15, -0.1) is 12.4 Å². The lowest BCUT2D eigenvalue weighted by molar-refractivity contribution is -0.525. The molecule has 156 valence electrons. The number of ether oxygens (including phenoxy) is 1. The quantitative estimate of drug-likeness (QED) is 0.124. The van der Waals surface area contributed by atoms with Crippen LogP contribution >= 0.6 is 12.4 Å². The molecule has 5 N–H and O–H groups in total. The van der Waals surface area contributed by atoms with Crippen molar-refractivity contribution in [2.75, 3.05) is 19.7 Å². The van der Waals surface area contributed by atoms with Gasteiger partial charge in [0.2, 0.25) is 5.91 Å². The maximum absolute atomic E-state index is 12.6. The number of likely N-dealkylation sites (tertiary alicyclic amines) is 1. The molecule has 0 bridgehead atoms. The highest BCUT2D eigenvalue weighted by atomic mass is 35.5. The third kappa shape index (κ3) is 8.39. The van der Waals surface area contributed by atoms with Gasteiger partial charge in [0, 0.05) is 13.1 Å². The van der Waals surface area contributed by atoms with Gasteiger partial charge in [0.15, 0.2) is 5.03 Å². The van der Waals surface area contributed by atoms with Crippen LogP contribution in [0, 0.1) is 16.0 Å². The molecular formula is C15H29ClN6O5. The second kappa shape index (κ2) is 12.3. The number of hydrogen-bond acceptors (Lipinski definition) is 7. The number of carbonyl (C=O) groups is 2. The van der Waals surface area contributed by atoms with Crippen molar-refractivity contribution in [3.63, 3.8) is 0 Å². The number of nitrogens with two attached hydrogens (primary N) is 2. The molecule has 0 aliphatic carbocycles. The van der Waals surface area contributed by atoms with Gasteiger partial charge in [-0.25, -0.2) is 19.9 Å². The van der Waals surface area contributed by atoms with Crippen molar-refractivity contribution in [2.24, 2.45) is 22.4 Å². The van der Waals surface area contributed by atoms with Gasteiger partial charge in [0.05, 0.1) is 12.6 Å². The zero-order valence-electron chi connectivity index (χ0n) is 15.6. The summed E-state index contributed by atoms with van der Waals surface area (Å²) in [5.74, 6) is -0.670. The van der Waals surface area contributed by atoms with E-state index in [1.807, 2.05) is 6.92 Å². The zero-order valence-corrected chi connectivity index (χ0v) is 16.4. The summed E-state index contributed by atoms with van der Waals surface area (Å²) in [7, 11) is 0. The van der Waals surface area contributed by atoms with E-state index in [9.17, 15) is 19.7 Å². The minimum absolute atomic E-state index is 0. The van der Waals surface area contributed by atoms with Crippen LogP contribution in [0.5, 0.6) is 0 Å². The number of amides is 1. The Kier molecular flexibility index (Phi) is 11.3. The second-order valence-electron chi connectivity index (χ2n) is 6.31. The normalized spacial score (nSPS) is 21.0. The van der Waals surface area contributed by atoms with E-state index < -0.39 is 23.1 Å². The van der Waals surface area contributed by atoms with Crippen LogP contribution < -0.4 is 16.9 Å². The third-order valence-corrected chi connectivity index (χ3v) is 4.18. The molecule has 1 amide bonds. The molecule has 0 aromatic rings. The minimum atomic E-state index is -0.805. The van der Waals surface area contributed by atoms with Gasteiger partial charge in [-0.3, -0.25) is 4.79 Å². The van der Waals surface area contributed by atoms with Crippen molar-refractivity contribution in [2.45, 2.75) is 51.6 Å². The number of carbonyl (C=O) groups excluding carboxylic acids is 2. The molecule has 12 heteroatoms. The number of guanidine groups is 1. The van der Waals surface area contributed by atoms with Crippen molar-refractivity contribution in [3.8, 4) is 0 Å². The molecule has 0 radical (unpaired) electrons. The van der Waals surface area contributed by atoms with E-state index in [2.05, 4.69) is 4.99 Å². The molecule has 0 saturated carbocycles. The molecule has 1 fully saturated rings. The topological polar surface area (TPSA) is 166 Å². The van der Waals surface area contributed by atoms with Gasteiger partial charge < -0.3 is 21.1 Å².